The fourth-order valence-corrected chi connectivity index (χ4v) is 2.03. The van der Waals surface area contributed by atoms with Crippen LogP contribution >= 0.6 is 0 Å². The van der Waals surface area contributed by atoms with Crippen LogP contribution in [0.3, 0.4) is 0 Å². The molecule has 3 rings (SSSR count). The molecule has 19 heavy (non-hydrogen) atoms. The van der Waals surface area contributed by atoms with Gasteiger partial charge in [0.2, 0.25) is 0 Å². The molecule has 4 nitrogen and oxygen atoms in total. The van der Waals surface area contributed by atoms with E-state index < -0.39 is 0 Å². The number of nitrogens with zero attached hydrogens (tertiary/aromatic N) is 4. The standard InChI is InChI=1S/C15H14N4/c1-12-18-9-14(13-4-2-6-16-8-13)11-19(12)15-5-3-7-17-10-15/h2-12H,1H3. The predicted octanol–water partition coefficient (Wildman–Crippen LogP) is 2.75. The molecular formula is C15H14N4. The summed E-state index contributed by atoms with van der Waals surface area (Å²) in [6, 6.07) is 7.92. The van der Waals surface area contributed by atoms with E-state index in [1.54, 1.807) is 12.4 Å². The summed E-state index contributed by atoms with van der Waals surface area (Å²) < 4.78 is 0. The lowest BCUT2D eigenvalue weighted by Crippen LogP contribution is -2.29. The van der Waals surface area contributed by atoms with E-state index in [2.05, 4.69) is 33.0 Å². The molecule has 0 fully saturated rings. The van der Waals surface area contributed by atoms with Crippen molar-refractivity contribution >= 4 is 17.5 Å². The van der Waals surface area contributed by atoms with Crippen LogP contribution in [0.15, 0.2) is 60.2 Å². The second kappa shape index (κ2) is 5.02. The van der Waals surface area contributed by atoms with Gasteiger partial charge >= 0.3 is 0 Å². The number of pyridine rings is 2. The van der Waals surface area contributed by atoms with Crippen LogP contribution in [0.5, 0.6) is 0 Å². The Kier molecular flexibility index (Phi) is 3.06. The van der Waals surface area contributed by atoms with Crippen molar-refractivity contribution in [1.29, 1.82) is 0 Å². The number of rotatable bonds is 2. The molecule has 1 aliphatic rings. The molecule has 1 aliphatic heterocycles. The lowest BCUT2D eigenvalue weighted by atomic mass is 10.1. The van der Waals surface area contributed by atoms with E-state index in [0.29, 0.717) is 0 Å². The van der Waals surface area contributed by atoms with Crippen molar-refractivity contribution in [2.75, 3.05) is 4.90 Å². The van der Waals surface area contributed by atoms with Gasteiger partial charge in [0.25, 0.3) is 0 Å². The van der Waals surface area contributed by atoms with Gasteiger partial charge in [0, 0.05) is 42.1 Å². The van der Waals surface area contributed by atoms with Crippen molar-refractivity contribution in [3.8, 4) is 0 Å². The van der Waals surface area contributed by atoms with Crippen LogP contribution in [0, 0.1) is 0 Å². The van der Waals surface area contributed by atoms with Crippen molar-refractivity contribution in [3.63, 3.8) is 0 Å². The van der Waals surface area contributed by atoms with Gasteiger partial charge in [-0.2, -0.15) is 0 Å². The lowest BCUT2D eigenvalue weighted by Gasteiger charge is -2.28. The van der Waals surface area contributed by atoms with E-state index in [9.17, 15) is 0 Å². The Morgan fingerprint density at radius 3 is 2.53 bits per heavy atom. The molecule has 0 N–H and O–H groups in total. The zero-order valence-corrected chi connectivity index (χ0v) is 10.6. The Bertz CT molecular complexity index is 605. The van der Waals surface area contributed by atoms with Crippen LogP contribution in [-0.4, -0.2) is 22.3 Å². The van der Waals surface area contributed by atoms with Crippen LogP contribution in [0.2, 0.25) is 0 Å². The van der Waals surface area contributed by atoms with Crippen molar-refractivity contribution < 1.29 is 0 Å². The summed E-state index contributed by atoms with van der Waals surface area (Å²) >= 11 is 0. The molecule has 0 radical (unpaired) electrons. The Morgan fingerprint density at radius 2 is 1.84 bits per heavy atom. The number of aliphatic imine (C=N–C) groups is 1. The van der Waals surface area contributed by atoms with Crippen molar-refractivity contribution in [2.24, 2.45) is 4.99 Å². The van der Waals surface area contributed by atoms with Crippen LogP contribution in [0.25, 0.3) is 5.57 Å². The predicted molar refractivity (Wildman–Crippen MR) is 76.9 cm³/mol. The molecule has 0 spiro atoms. The van der Waals surface area contributed by atoms with Crippen molar-refractivity contribution in [1.82, 2.24) is 9.97 Å². The first-order valence-electron chi connectivity index (χ1n) is 6.18. The highest BCUT2D eigenvalue weighted by atomic mass is 15.2. The van der Waals surface area contributed by atoms with Gasteiger partial charge in [-0.05, 0) is 25.1 Å². The maximum Gasteiger partial charge on any atom is 0.122 e. The second-order valence-electron chi connectivity index (χ2n) is 4.35. The molecule has 0 bridgehead atoms. The van der Waals surface area contributed by atoms with E-state index in [4.69, 9.17) is 0 Å². The van der Waals surface area contributed by atoms with Crippen LogP contribution in [0.4, 0.5) is 5.69 Å². The minimum absolute atomic E-state index is 0.0737. The van der Waals surface area contributed by atoms with Gasteiger partial charge in [0.1, 0.15) is 6.17 Å². The van der Waals surface area contributed by atoms with Crippen molar-refractivity contribution in [2.45, 2.75) is 13.1 Å². The van der Waals surface area contributed by atoms with Gasteiger partial charge in [-0.15, -0.1) is 0 Å². The quantitative estimate of drug-likeness (QED) is 0.823. The fraction of sp³-hybridized carbons (Fsp3) is 0.133. The monoisotopic (exact) mass is 250 g/mol. The zero-order valence-electron chi connectivity index (χ0n) is 10.6. The minimum atomic E-state index is 0.0737. The molecule has 4 heteroatoms. The van der Waals surface area contributed by atoms with Gasteiger partial charge in [-0.25, -0.2) is 0 Å². The first kappa shape index (κ1) is 11.6. The Balaban J connectivity index is 1.98. The van der Waals surface area contributed by atoms with E-state index in [0.717, 1.165) is 16.8 Å². The molecule has 0 amide bonds. The molecule has 3 heterocycles. The molecule has 0 saturated heterocycles. The second-order valence-corrected chi connectivity index (χ2v) is 4.35. The van der Waals surface area contributed by atoms with Gasteiger partial charge in [-0.3, -0.25) is 15.0 Å². The van der Waals surface area contributed by atoms with Gasteiger partial charge < -0.3 is 4.90 Å². The summed E-state index contributed by atoms with van der Waals surface area (Å²) in [6.07, 6.45) is 11.3. The van der Waals surface area contributed by atoms with Crippen LogP contribution in [-0.2, 0) is 0 Å². The molecule has 0 aliphatic carbocycles. The molecule has 2 aromatic rings. The summed E-state index contributed by atoms with van der Waals surface area (Å²) in [5, 5.41) is 0. The largest absolute Gasteiger partial charge is 0.324 e. The van der Waals surface area contributed by atoms with Gasteiger partial charge in [-0.1, -0.05) is 6.07 Å². The Hall–Kier alpha value is -2.49. The first-order chi connectivity index (χ1) is 9.34. The first-order valence-corrected chi connectivity index (χ1v) is 6.18. The Labute approximate surface area is 112 Å². The molecule has 2 aromatic heterocycles. The number of anilines is 1. The highest BCUT2D eigenvalue weighted by molar-refractivity contribution is 6.11. The average molecular weight is 250 g/mol. The van der Waals surface area contributed by atoms with E-state index in [-0.39, 0.29) is 6.17 Å². The number of allylic oxidation sites excluding steroid dienone is 1. The maximum atomic E-state index is 4.52. The Morgan fingerprint density at radius 1 is 1.05 bits per heavy atom. The number of hydrogen-bond donors (Lipinski definition) is 0. The van der Waals surface area contributed by atoms with Gasteiger partial charge in [0.05, 0.1) is 11.9 Å². The summed E-state index contributed by atoms with van der Waals surface area (Å²) in [6.45, 7) is 2.06. The molecule has 94 valence electrons. The number of aromatic nitrogens is 2. The minimum Gasteiger partial charge on any atom is -0.324 e. The van der Waals surface area contributed by atoms with E-state index >= 15 is 0 Å². The maximum absolute atomic E-state index is 4.52. The average Bonchev–Trinajstić information content (AvgIpc) is 2.49. The highest BCUT2D eigenvalue weighted by Gasteiger charge is 2.16. The summed E-state index contributed by atoms with van der Waals surface area (Å²) in [7, 11) is 0. The third-order valence-corrected chi connectivity index (χ3v) is 3.05. The third-order valence-electron chi connectivity index (χ3n) is 3.05. The lowest BCUT2D eigenvalue weighted by molar-refractivity contribution is 0.746. The number of hydrogen-bond acceptors (Lipinski definition) is 4. The molecule has 0 saturated carbocycles. The van der Waals surface area contributed by atoms with E-state index in [1.165, 1.54) is 0 Å². The molecular weight excluding hydrogens is 236 g/mol. The van der Waals surface area contributed by atoms with Crippen LogP contribution in [0.1, 0.15) is 12.5 Å². The molecule has 0 aromatic carbocycles. The normalized spacial score (nSPS) is 18.3. The highest BCUT2D eigenvalue weighted by Crippen LogP contribution is 2.23. The smallest absolute Gasteiger partial charge is 0.122 e. The third kappa shape index (κ3) is 2.38. The SMILES string of the molecule is CC1N=CC(c2cccnc2)=CN1c1cccnc1. The summed E-state index contributed by atoms with van der Waals surface area (Å²) in [5.41, 5.74) is 3.15. The van der Waals surface area contributed by atoms with Gasteiger partial charge in [0.15, 0.2) is 0 Å². The fourth-order valence-electron chi connectivity index (χ4n) is 2.03. The zero-order chi connectivity index (χ0) is 13.1. The van der Waals surface area contributed by atoms with Crippen LogP contribution < -0.4 is 4.90 Å². The molecule has 1 atom stereocenters. The topological polar surface area (TPSA) is 41.4 Å². The van der Waals surface area contributed by atoms with Crippen molar-refractivity contribution in [3.05, 3.63) is 60.8 Å². The summed E-state index contributed by atoms with van der Waals surface area (Å²) in [5.74, 6) is 0. The van der Waals surface area contributed by atoms with E-state index in [1.807, 2.05) is 42.9 Å². The molecule has 1 unspecified atom stereocenters. The summed E-state index contributed by atoms with van der Waals surface area (Å²) in [4.78, 5) is 14.9.